The highest BCUT2D eigenvalue weighted by atomic mass is 16.5. The van der Waals surface area contributed by atoms with Crippen molar-refractivity contribution in [2.75, 3.05) is 26.7 Å². The molecular weight excluding hydrogens is 362 g/mol. The van der Waals surface area contributed by atoms with Crippen molar-refractivity contribution in [1.82, 2.24) is 9.80 Å². The fourth-order valence-corrected chi connectivity index (χ4v) is 6.02. The number of hydrogen-bond acceptors (Lipinski definition) is 4. The van der Waals surface area contributed by atoms with Gasteiger partial charge in [0.2, 0.25) is 5.91 Å². The van der Waals surface area contributed by atoms with Crippen LogP contribution < -0.4 is 10.5 Å². The molecule has 3 aliphatic rings. The van der Waals surface area contributed by atoms with Crippen LogP contribution in [-0.2, 0) is 4.79 Å². The highest BCUT2D eigenvalue weighted by molar-refractivity contribution is 5.81. The van der Waals surface area contributed by atoms with Gasteiger partial charge in [-0.25, -0.2) is 0 Å². The standard InChI is InChI=1S/C24H37N3O2/c1-16(2)11-21(25)24(28)26-13-17-12-19(15-26)23-6-4-5-22(27(23)14-17)18-7-9-20(29-3)10-8-18/h7-10,16-17,19,21-23H,4-6,11-15,25H2,1-3H3/t17-,19+,21-,22+,23-/m0/s1. The monoisotopic (exact) mass is 399 g/mol. The van der Waals surface area contributed by atoms with Gasteiger partial charge in [0.15, 0.2) is 0 Å². The van der Waals surface area contributed by atoms with Crippen molar-refractivity contribution in [2.45, 2.75) is 64.1 Å². The fourth-order valence-electron chi connectivity index (χ4n) is 6.02. The molecule has 0 aliphatic carbocycles. The molecule has 0 aromatic heterocycles. The van der Waals surface area contributed by atoms with Crippen LogP contribution in [0.4, 0.5) is 0 Å². The van der Waals surface area contributed by atoms with E-state index in [0.29, 0.717) is 29.8 Å². The Morgan fingerprint density at radius 2 is 1.93 bits per heavy atom. The van der Waals surface area contributed by atoms with E-state index in [1.807, 2.05) is 0 Å². The number of benzene rings is 1. The Bertz CT molecular complexity index is 705. The van der Waals surface area contributed by atoms with Crippen molar-refractivity contribution in [3.63, 3.8) is 0 Å². The minimum Gasteiger partial charge on any atom is -0.497 e. The average Bonchev–Trinajstić information content (AvgIpc) is 2.72. The van der Waals surface area contributed by atoms with Gasteiger partial charge in [-0.1, -0.05) is 26.0 Å². The van der Waals surface area contributed by atoms with Crippen molar-refractivity contribution in [2.24, 2.45) is 23.5 Å². The fraction of sp³-hybridized carbons (Fsp3) is 0.708. The third kappa shape index (κ3) is 4.31. The molecular formula is C24H37N3O2. The van der Waals surface area contributed by atoms with E-state index in [1.165, 1.54) is 31.2 Å². The number of likely N-dealkylation sites (tertiary alicyclic amines) is 1. The molecule has 0 saturated carbocycles. The summed E-state index contributed by atoms with van der Waals surface area (Å²) < 4.78 is 5.34. The summed E-state index contributed by atoms with van der Waals surface area (Å²) in [5.74, 6) is 2.70. The highest BCUT2D eigenvalue weighted by Crippen LogP contribution is 2.44. The van der Waals surface area contributed by atoms with Crippen molar-refractivity contribution >= 4 is 5.91 Å². The van der Waals surface area contributed by atoms with Gasteiger partial charge in [-0.05, 0) is 67.6 Å². The van der Waals surface area contributed by atoms with Gasteiger partial charge < -0.3 is 15.4 Å². The summed E-state index contributed by atoms with van der Waals surface area (Å²) in [6, 6.07) is 9.37. The summed E-state index contributed by atoms with van der Waals surface area (Å²) in [5.41, 5.74) is 7.65. The number of carbonyl (C=O) groups is 1. The second-order valence-electron chi connectivity index (χ2n) is 9.83. The predicted octanol–water partition coefficient (Wildman–Crippen LogP) is 3.44. The maximum atomic E-state index is 12.9. The van der Waals surface area contributed by atoms with E-state index in [4.69, 9.17) is 10.5 Å². The second-order valence-corrected chi connectivity index (χ2v) is 9.83. The summed E-state index contributed by atoms with van der Waals surface area (Å²) in [6.07, 6.45) is 5.79. The molecule has 3 saturated heterocycles. The summed E-state index contributed by atoms with van der Waals surface area (Å²) in [6.45, 7) is 7.13. The number of carbonyl (C=O) groups excluding carboxylic acids is 1. The van der Waals surface area contributed by atoms with Gasteiger partial charge in [0.1, 0.15) is 5.75 Å². The first-order valence-electron chi connectivity index (χ1n) is 11.4. The minimum absolute atomic E-state index is 0.171. The number of nitrogens with two attached hydrogens (primary N) is 1. The lowest BCUT2D eigenvalue weighted by Gasteiger charge is -2.55. The van der Waals surface area contributed by atoms with Crippen LogP contribution in [0.3, 0.4) is 0 Å². The Balaban J connectivity index is 1.47. The van der Waals surface area contributed by atoms with E-state index in [2.05, 4.69) is 47.9 Å². The minimum atomic E-state index is -0.344. The molecule has 3 aliphatic heterocycles. The molecule has 2 N–H and O–H groups in total. The zero-order chi connectivity index (χ0) is 20.5. The Hall–Kier alpha value is -1.59. The summed E-state index contributed by atoms with van der Waals surface area (Å²) in [4.78, 5) is 17.8. The zero-order valence-electron chi connectivity index (χ0n) is 18.2. The maximum absolute atomic E-state index is 12.9. The van der Waals surface area contributed by atoms with Gasteiger partial charge >= 0.3 is 0 Å². The molecule has 0 spiro atoms. The Morgan fingerprint density at radius 3 is 2.62 bits per heavy atom. The second kappa shape index (κ2) is 8.65. The molecule has 1 aromatic carbocycles. The number of fused-ring (bicyclic) bond motifs is 4. The largest absolute Gasteiger partial charge is 0.497 e. The number of nitrogens with zero attached hydrogens (tertiary/aromatic N) is 2. The van der Waals surface area contributed by atoms with Gasteiger partial charge in [0.05, 0.1) is 13.2 Å². The molecule has 1 aromatic rings. The third-order valence-corrected chi connectivity index (χ3v) is 7.24. The van der Waals surface area contributed by atoms with Gasteiger partial charge in [-0.15, -0.1) is 0 Å². The molecule has 1 amide bonds. The number of piperidine rings is 3. The van der Waals surface area contributed by atoms with Crippen LogP contribution >= 0.6 is 0 Å². The Labute approximate surface area is 175 Å². The zero-order valence-corrected chi connectivity index (χ0v) is 18.2. The van der Waals surface area contributed by atoms with Crippen LogP contribution in [0, 0.1) is 17.8 Å². The number of rotatable bonds is 5. The summed E-state index contributed by atoms with van der Waals surface area (Å²) >= 11 is 0. The van der Waals surface area contributed by atoms with Crippen molar-refractivity contribution < 1.29 is 9.53 Å². The maximum Gasteiger partial charge on any atom is 0.239 e. The summed E-state index contributed by atoms with van der Waals surface area (Å²) in [5, 5.41) is 0. The molecule has 4 rings (SSSR count). The van der Waals surface area contributed by atoms with Crippen LogP contribution in [0.1, 0.15) is 57.6 Å². The predicted molar refractivity (Wildman–Crippen MR) is 116 cm³/mol. The smallest absolute Gasteiger partial charge is 0.239 e. The first kappa shape index (κ1) is 20.7. The van der Waals surface area contributed by atoms with Crippen LogP contribution in [-0.4, -0.2) is 54.5 Å². The molecule has 3 heterocycles. The third-order valence-electron chi connectivity index (χ3n) is 7.24. The quantitative estimate of drug-likeness (QED) is 0.824. The van der Waals surface area contributed by atoms with Gasteiger partial charge in [-0.2, -0.15) is 0 Å². The van der Waals surface area contributed by atoms with Gasteiger partial charge in [-0.3, -0.25) is 9.69 Å². The van der Waals surface area contributed by atoms with E-state index in [9.17, 15) is 4.79 Å². The van der Waals surface area contributed by atoms with E-state index >= 15 is 0 Å². The molecule has 5 atom stereocenters. The highest BCUT2D eigenvalue weighted by Gasteiger charge is 2.46. The molecule has 0 unspecified atom stereocenters. The van der Waals surface area contributed by atoms with Crippen LogP contribution in [0.5, 0.6) is 5.75 Å². The number of methoxy groups -OCH3 is 1. The first-order valence-corrected chi connectivity index (χ1v) is 11.4. The van der Waals surface area contributed by atoms with E-state index < -0.39 is 0 Å². The molecule has 5 nitrogen and oxygen atoms in total. The number of amides is 1. The van der Waals surface area contributed by atoms with Crippen LogP contribution in [0.2, 0.25) is 0 Å². The van der Waals surface area contributed by atoms with Gasteiger partial charge in [0, 0.05) is 31.7 Å². The average molecular weight is 400 g/mol. The van der Waals surface area contributed by atoms with Crippen molar-refractivity contribution in [3.8, 4) is 5.75 Å². The molecule has 5 heteroatoms. The lowest BCUT2D eigenvalue weighted by atomic mass is 9.73. The number of ether oxygens (including phenoxy) is 1. The van der Waals surface area contributed by atoms with E-state index in [0.717, 1.165) is 31.8 Å². The lowest BCUT2D eigenvalue weighted by molar-refractivity contribution is -0.140. The first-order chi connectivity index (χ1) is 14.0. The molecule has 0 radical (unpaired) electrons. The normalized spacial score (nSPS) is 30.7. The van der Waals surface area contributed by atoms with Gasteiger partial charge in [0.25, 0.3) is 0 Å². The Morgan fingerprint density at radius 1 is 1.17 bits per heavy atom. The van der Waals surface area contributed by atoms with Crippen molar-refractivity contribution in [1.29, 1.82) is 0 Å². The molecule has 3 fully saturated rings. The molecule has 29 heavy (non-hydrogen) atoms. The van der Waals surface area contributed by atoms with E-state index in [-0.39, 0.29) is 11.9 Å². The summed E-state index contributed by atoms with van der Waals surface area (Å²) in [7, 11) is 1.72. The lowest BCUT2D eigenvalue weighted by Crippen LogP contribution is -2.61. The Kier molecular flexibility index (Phi) is 6.16. The number of hydrogen-bond donors (Lipinski definition) is 1. The SMILES string of the molecule is COc1ccc([C@H]2CCC[C@H]3[C@@H]4C[C@@H](CN(C(=O)[C@@H](N)CC(C)C)C4)CN23)cc1. The molecule has 2 bridgehead atoms. The van der Waals surface area contributed by atoms with Crippen LogP contribution in [0.25, 0.3) is 0 Å². The van der Waals surface area contributed by atoms with Crippen molar-refractivity contribution in [3.05, 3.63) is 29.8 Å². The molecule has 160 valence electrons. The topological polar surface area (TPSA) is 58.8 Å². The van der Waals surface area contributed by atoms with E-state index in [1.54, 1.807) is 7.11 Å². The van der Waals surface area contributed by atoms with Crippen LogP contribution in [0.15, 0.2) is 24.3 Å².